The van der Waals surface area contributed by atoms with E-state index in [0.717, 1.165) is 12.1 Å². The van der Waals surface area contributed by atoms with E-state index in [9.17, 15) is 4.79 Å². The van der Waals surface area contributed by atoms with Gasteiger partial charge in [0.25, 0.3) is 0 Å². The Bertz CT molecular complexity index is 258. The molecule has 0 fully saturated rings. The lowest BCUT2D eigenvalue weighted by Crippen LogP contribution is -2.34. The molecular formula is C10H17NO3. The number of carbonyl (C=O) groups excluding carboxylic acids is 1. The zero-order chi connectivity index (χ0) is 10.8. The Balaban J connectivity index is 2.63. The number of carbonyl (C=O) groups is 1. The van der Waals surface area contributed by atoms with E-state index in [1.165, 1.54) is 7.11 Å². The minimum atomic E-state index is -0.265. The van der Waals surface area contributed by atoms with Gasteiger partial charge in [-0.05, 0) is 20.3 Å². The van der Waals surface area contributed by atoms with Crippen LogP contribution in [0.25, 0.3) is 0 Å². The highest BCUT2D eigenvalue weighted by molar-refractivity contribution is 6.00. The van der Waals surface area contributed by atoms with Crippen LogP contribution in [0, 0.1) is 5.92 Å². The second-order valence-corrected chi connectivity index (χ2v) is 4.29. The van der Waals surface area contributed by atoms with Gasteiger partial charge in [0, 0.05) is 5.92 Å². The van der Waals surface area contributed by atoms with Gasteiger partial charge in [-0.2, -0.15) is 0 Å². The lowest BCUT2D eigenvalue weighted by Gasteiger charge is -2.31. The number of esters is 1. The van der Waals surface area contributed by atoms with Gasteiger partial charge < -0.3 is 9.57 Å². The summed E-state index contributed by atoms with van der Waals surface area (Å²) in [5.41, 5.74) is 0.551. The van der Waals surface area contributed by atoms with Crippen LogP contribution in [0.2, 0.25) is 0 Å². The van der Waals surface area contributed by atoms with E-state index in [2.05, 4.69) is 9.89 Å². The Labute approximate surface area is 84.3 Å². The molecule has 4 nitrogen and oxygen atoms in total. The second-order valence-electron chi connectivity index (χ2n) is 4.29. The van der Waals surface area contributed by atoms with E-state index in [4.69, 9.17) is 4.84 Å². The average molecular weight is 199 g/mol. The molecule has 0 radical (unpaired) electrons. The van der Waals surface area contributed by atoms with Crippen molar-refractivity contribution in [1.82, 2.24) is 0 Å². The van der Waals surface area contributed by atoms with Gasteiger partial charge in [0.2, 0.25) is 0 Å². The first kappa shape index (κ1) is 11.0. The number of hydrogen-bond donors (Lipinski definition) is 0. The summed E-state index contributed by atoms with van der Waals surface area (Å²) in [7, 11) is 1.38. The third-order valence-electron chi connectivity index (χ3n) is 2.33. The first-order valence-corrected chi connectivity index (χ1v) is 4.76. The molecule has 1 rings (SSSR count). The van der Waals surface area contributed by atoms with Gasteiger partial charge in [-0.25, -0.2) is 0 Å². The Hall–Kier alpha value is -1.06. The predicted octanol–water partition coefficient (Wildman–Crippen LogP) is 1.74. The number of nitrogens with zero attached hydrogens (tertiary/aromatic N) is 1. The molecule has 0 saturated heterocycles. The van der Waals surface area contributed by atoms with Crippen LogP contribution in [-0.4, -0.2) is 24.4 Å². The largest absolute Gasteiger partial charge is 0.469 e. The zero-order valence-corrected chi connectivity index (χ0v) is 9.16. The fraction of sp³-hybridized carbons (Fsp3) is 0.800. The lowest BCUT2D eigenvalue weighted by molar-refractivity contribution is -0.139. The van der Waals surface area contributed by atoms with Gasteiger partial charge in [-0.3, -0.25) is 4.79 Å². The molecule has 1 atom stereocenters. The molecule has 0 aromatic carbocycles. The van der Waals surface area contributed by atoms with Crippen molar-refractivity contribution in [2.45, 2.75) is 39.2 Å². The first-order chi connectivity index (χ1) is 6.44. The molecule has 0 spiro atoms. The standard InChI is InChI=1S/C10H17NO3/c1-7-6-10(2,3)14-11-8(7)5-9(12)13-4/h7H,5-6H2,1-4H3/t7-/m0/s1. The first-order valence-electron chi connectivity index (χ1n) is 4.76. The van der Waals surface area contributed by atoms with Crippen LogP contribution in [0.1, 0.15) is 33.6 Å². The molecule has 0 unspecified atom stereocenters. The second kappa shape index (κ2) is 3.98. The molecule has 1 aliphatic rings. The Kier molecular flexibility index (Phi) is 3.13. The quantitative estimate of drug-likeness (QED) is 0.636. The summed E-state index contributed by atoms with van der Waals surface area (Å²) in [6.45, 7) is 6.02. The molecule has 1 aliphatic heterocycles. The molecule has 0 bridgehead atoms. The van der Waals surface area contributed by atoms with Crippen molar-refractivity contribution in [1.29, 1.82) is 0 Å². The van der Waals surface area contributed by atoms with E-state index in [0.29, 0.717) is 0 Å². The third-order valence-corrected chi connectivity index (χ3v) is 2.33. The summed E-state index contributed by atoms with van der Waals surface area (Å²) in [6, 6.07) is 0. The van der Waals surface area contributed by atoms with Gasteiger partial charge in [0.15, 0.2) is 0 Å². The van der Waals surface area contributed by atoms with E-state index in [1.54, 1.807) is 0 Å². The van der Waals surface area contributed by atoms with Crippen LogP contribution in [0.3, 0.4) is 0 Å². The smallest absolute Gasteiger partial charge is 0.311 e. The number of ether oxygens (including phenoxy) is 1. The maximum atomic E-state index is 11.0. The van der Waals surface area contributed by atoms with E-state index in [1.807, 2.05) is 20.8 Å². The summed E-state index contributed by atoms with van der Waals surface area (Å²) in [6.07, 6.45) is 1.11. The summed E-state index contributed by atoms with van der Waals surface area (Å²) < 4.78 is 4.58. The van der Waals surface area contributed by atoms with Crippen LogP contribution < -0.4 is 0 Å². The molecule has 4 heteroatoms. The summed E-state index contributed by atoms with van der Waals surface area (Å²) >= 11 is 0. The molecule has 0 aromatic rings. The summed E-state index contributed by atoms with van der Waals surface area (Å²) in [4.78, 5) is 16.3. The molecule has 80 valence electrons. The minimum Gasteiger partial charge on any atom is -0.469 e. The van der Waals surface area contributed by atoms with Crippen molar-refractivity contribution in [2.24, 2.45) is 11.1 Å². The fourth-order valence-corrected chi connectivity index (χ4v) is 1.59. The van der Waals surface area contributed by atoms with Crippen LogP contribution in [0.4, 0.5) is 0 Å². The molecule has 0 aliphatic carbocycles. The van der Waals surface area contributed by atoms with Crippen LogP contribution in [0.5, 0.6) is 0 Å². The topological polar surface area (TPSA) is 47.9 Å². The van der Waals surface area contributed by atoms with Crippen LogP contribution in [0.15, 0.2) is 5.16 Å². The predicted molar refractivity (Wildman–Crippen MR) is 53.0 cm³/mol. The normalized spacial score (nSPS) is 24.9. The highest BCUT2D eigenvalue weighted by Crippen LogP contribution is 2.27. The van der Waals surface area contributed by atoms with Crippen LogP contribution in [-0.2, 0) is 14.4 Å². The highest BCUT2D eigenvalue weighted by atomic mass is 16.6. The van der Waals surface area contributed by atoms with Gasteiger partial charge in [-0.1, -0.05) is 12.1 Å². The van der Waals surface area contributed by atoms with Crippen molar-refractivity contribution in [3.8, 4) is 0 Å². The third kappa shape index (κ3) is 2.72. The Morgan fingerprint density at radius 2 is 2.36 bits per heavy atom. The molecule has 0 aromatic heterocycles. The molecular weight excluding hydrogens is 182 g/mol. The molecule has 14 heavy (non-hydrogen) atoms. The van der Waals surface area contributed by atoms with Gasteiger partial charge in [0.1, 0.15) is 5.60 Å². The van der Waals surface area contributed by atoms with E-state index in [-0.39, 0.29) is 23.9 Å². The number of hydrogen-bond acceptors (Lipinski definition) is 4. The van der Waals surface area contributed by atoms with E-state index >= 15 is 0 Å². The SMILES string of the molecule is COC(=O)CC1=NOC(C)(C)C[C@@H]1C. The van der Waals surface area contributed by atoms with Gasteiger partial charge in [-0.15, -0.1) is 0 Å². The highest BCUT2D eigenvalue weighted by Gasteiger charge is 2.31. The summed E-state index contributed by atoms with van der Waals surface area (Å²) in [5.74, 6) is 0.0109. The van der Waals surface area contributed by atoms with Crippen molar-refractivity contribution in [2.75, 3.05) is 7.11 Å². The van der Waals surface area contributed by atoms with Crippen molar-refractivity contribution >= 4 is 11.7 Å². The monoisotopic (exact) mass is 199 g/mol. The van der Waals surface area contributed by atoms with E-state index < -0.39 is 0 Å². The minimum absolute atomic E-state index is 0.223. The van der Waals surface area contributed by atoms with Gasteiger partial charge in [0.05, 0.1) is 19.2 Å². The zero-order valence-electron chi connectivity index (χ0n) is 9.16. The number of oxime groups is 1. The maximum absolute atomic E-state index is 11.0. The van der Waals surface area contributed by atoms with Crippen molar-refractivity contribution in [3.05, 3.63) is 0 Å². The Morgan fingerprint density at radius 3 is 2.86 bits per heavy atom. The fourth-order valence-electron chi connectivity index (χ4n) is 1.59. The molecule has 0 N–H and O–H groups in total. The Morgan fingerprint density at radius 1 is 1.71 bits per heavy atom. The number of rotatable bonds is 2. The van der Waals surface area contributed by atoms with Crippen LogP contribution >= 0.6 is 0 Å². The van der Waals surface area contributed by atoms with Crippen molar-refractivity contribution in [3.63, 3.8) is 0 Å². The summed E-state index contributed by atoms with van der Waals surface area (Å²) in [5, 5.41) is 3.97. The molecule has 0 amide bonds. The lowest BCUT2D eigenvalue weighted by atomic mass is 9.89. The number of methoxy groups -OCH3 is 1. The van der Waals surface area contributed by atoms with Crippen molar-refractivity contribution < 1.29 is 14.4 Å². The molecule has 1 heterocycles. The van der Waals surface area contributed by atoms with Gasteiger partial charge >= 0.3 is 5.97 Å². The average Bonchev–Trinajstić information content (AvgIpc) is 2.09. The maximum Gasteiger partial charge on any atom is 0.311 e. The molecule has 0 saturated carbocycles.